The summed E-state index contributed by atoms with van der Waals surface area (Å²) in [5.74, 6) is -0.134. The Morgan fingerprint density at radius 2 is 1.81 bits per heavy atom. The van der Waals surface area contributed by atoms with E-state index in [0.717, 1.165) is 0 Å². The van der Waals surface area contributed by atoms with E-state index in [9.17, 15) is 14.4 Å². The quantitative estimate of drug-likeness (QED) is 0.430. The van der Waals surface area contributed by atoms with Crippen LogP contribution >= 0.6 is 0 Å². The first-order chi connectivity index (χ1) is 9.79. The minimum Gasteiger partial charge on any atom is -0.352 e. The van der Waals surface area contributed by atoms with E-state index in [2.05, 4.69) is 16.0 Å². The molecule has 2 atom stereocenters. The number of amides is 3. The second-order valence-corrected chi connectivity index (χ2v) is 5.38. The summed E-state index contributed by atoms with van der Waals surface area (Å²) in [4.78, 5) is 34.4. The smallest absolute Gasteiger partial charge is 0.312 e. The van der Waals surface area contributed by atoms with Crippen LogP contribution in [0, 0.1) is 5.92 Å². The molecule has 0 heterocycles. The predicted molar refractivity (Wildman–Crippen MR) is 81.7 cm³/mol. The Labute approximate surface area is 126 Å². The van der Waals surface area contributed by atoms with Crippen molar-refractivity contribution in [3.8, 4) is 0 Å². The van der Waals surface area contributed by atoms with Crippen LogP contribution in [0.3, 0.4) is 0 Å². The normalized spacial score (nSPS) is 13.6. The van der Waals surface area contributed by atoms with Crippen molar-refractivity contribution in [3.05, 3.63) is 0 Å². The van der Waals surface area contributed by atoms with E-state index in [4.69, 9.17) is 5.73 Å². The Bertz CT molecular complexity index is 358. The highest BCUT2D eigenvalue weighted by Gasteiger charge is 2.25. The molecule has 0 unspecified atom stereocenters. The fourth-order valence-electron chi connectivity index (χ4n) is 2.01. The summed E-state index contributed by atoms with van der Waals surface area (Å²) in [5, 5.41) is 8.34. The van der Waals surface area contributed by atoms with Crippen LogP contribution in [0.4, 0.5) is 4.79 Å². The van der Waals surface area contributed by atoms with Crippen molar-refractivity contribution in [1.29, 1.82) is 0 Å². The lowest BCUT2D eigenvalue weighted by Crippen LogP contribution is -2.52. The van der Waals surface area contributed by atoms with Gasteiger partial charge >= 0.3 is 6.03 Å². The van der Waals surface area contributed by atoms with Crippen LogP contribution in [0.5, 0.6) is 0 Å². The van der Waals surface area contributed by atoms with E-state index < -0.39 is 12.1 Å². The lowest BCUT2D eigenvalue weighted by Gasteiger charge is -2.24. The molecule has 21 heavy (non-hydrogen) atoms. The van der Waals surface area contributed by atoms with Gasteiger partial charge in [0.25, 0.3) is 0 Å². The van der Waals surface area contributed by atoms with Crippen LogP contribution in [0.2, 0.25) is 0 Å². The first kappa shape index (κ1) is 19.4. The number of carbonyl (C=O) groups excluding carboxylic acids is 3. The molecule has 0 aromatic carbocycles. The number of hydrogen-bond acceptors (Lipinski definition) is 4. The third kappa shape index (κ3) is 8.29. The van der Waals surface area contributed by atoms with Gasteiger partial charge in [0.1, 0.15) is 0 Å². The second-order valence-electron chi connectivity index (χ2n) is 5.38. The number of primary amides is 1. The highest BCUT2D eigenvalue weighted by Crippen LogP contribution is 2.04. The Kier molecular flexibility index (Phi) is 9.36. The number of rotatable bonds is 10. The first-order valence-electron chi connectivity index (χ1n) is 7.37. The summed E-state index contributed by atoms with van der Waals surface area (Å²) >= 11 is 0. The molecule has 0 aliphatic rings. The molecule has 0 spiro atoms. The molecule has 0 aliphatic carbocycles. The van der Waals surface area contributed by atoms with Gasteiger partial charge in [-0.25, -0.2) is 4.79 Å². The highest BCUT2D eigenvalue weighted by molar-refractivity contribution is 5.89. The number of nitrogens with two attached hydrogens (primary N) is 1. The van der Waals surface area contributed by atoms with Gasteiger partial charge in [0, 0.05) is 6.54 Å². The lowest BCUT2D eigenvalue weighted by molar-refractivity contribution is -0.129. The Balaban J connectivity index is 4.44. The van der Waals surface area contributed by atoms with E-state index in [1.807, 2.05) is 20.8 Å². The maximum atomic E-state index is 12.2. The SMILES string of the molecule is CCN[C@H](C(=O)N[C@@H](CCCNC(N)=O)C(C)=O)C(C)C. The Morgan fingerprint density at radius 1 is 1.19 bits per heavy atom. The van der Waals surface area contributed by atoms with Gasteiger partial charge in [-0.15, -0.1) is 0 Å². The molecule has 0 saturated heterocycles. The van der Waals surface area contributed by atoms with Gasteiger partial charge in [-0.2, -0.15) is 0 Å². The van der Waals surface area contributed by atoms with Crippen molar-refractivity contribution in [1.82, 2.24) is 16.0 Å². The second kappa shape index (κ2) is 10.1. The van der Waals surface area contributed by atoms with Crippen molar-refractivity contribution >= 4 is 17.7 Å². The molecule has 0 aromatic heterocycles. The fraction of sp³-hybridized carbons (Fsp3) is 0.786. The van der Waals surface area contributed by atoms with Crippen molar-refractivity contribution < 1.29 is 14.4 Å². The summed E-state index contributed by atoms with van der Waals surface area (Å²) in [6, 6.07) is -1.45. The number of Topliss-reactive ketones (excluding diaryl/α,β-unsaturated/α-hetero) is 1. The van der Waals surface area contributed by atoms with Gasteiger partial charge in [0.15, 0.2) is 5.78 Å². The molecule has 0 radical (unpaired) electrons. The van der Waals surface area contributed by atoms with E-state index in [-0.39, 0.29) is 23.7 Å². The van der Waals surface area contributed by atoms with Gasteiger partial charge in [-0.3, -0.25) is 9.59 Å². The van der Waals surface area contributed by atoms with Crippen LogP contribution in [-0.4, -0.2) is 42.9 Å². The van der Waals surface area contributed by atoms with Crippen molar-refractivity contribution in [2.24, 2.45) is 11.7 Å². The van der Waals surface area contributed by atoms with Gasteiger partial charge < -0.3 is 21.7 Å². The molecule has 0 rings (SSSR count). The van der Waals surface area contributed by atoms with Crippen LogP contribution in [0.25, 0.3) is 0 Å². The molecular weight excluding hydrogens is 272 g/mol. The predicted octanol–water partition coefficient (Wildman–Crippen LogP) is 0.143. The first-order valence-corrected chi connectivity index (χ1v) is 7.37. The fourth-order valence-corrected chi connectivity index (χ4v) is 2.01. The molecule has 7 heteroatoms. The number of nitrogens with one attached hydrogen (secondary N) is 3. The van der Waals surface area contributed by atoms with Gasteiger partial charge in [-0.05, 0) is 32.2 Å². The topological polar surface area (TPSA) is 113 Å². The molecule has 0 aliphatic heterocycles. The molecular formula is C14H28N4O3. The summed E-state index contributed by atoms with van der Waals surface area (Å²) in [6.45, 7) is 8.35. The summed E-state index contributed by atoms with van der Waals surface area (Å²) in [6.07, 6.45) is 1.04. The third-order valence-electron chi connectivity index (χ3n) is 3.15. The number of hydrogen-bond donors (Lipinski definition) is 4. The molecule has 3 amide bonds. The zero-order chi connectivity index (χ0) is 16.4. The van der Waals surface area contributed by atoms with E-state index in [1.165, 1.54) is 6.92 Å². The minimum atomic E-state index is -0.592. The largest absolute Gasteiger partial charge is 0.352 e. The maximum Gasteiger partial charge on any atom is 0.312 e. The van der Waals surface area contributed by atoms with Gasteiger partial charge in [0.2, 0.25) is 5.91 Å². The number of ketones is 1. The average molecular weight is 300 g/mol. The standard InChI is InChI=1S/C14H28N4O3/c1-5-16-12(9(2)3)13(20)18-11(10(4)19)7-6-8-17-14(15)21/h9,11-12,16H,5-8H2,1-4H3,(H,18,20)(H3,15,17,21)/t11-,12-/m0/s1. The molecule has 0 fully saturated rings. The van der Waals surface area contributed by atoms with Gasteiger partial charge in [-0.1, -0.05) is 20.8 Å². The van der Waals surface area contributed by atoms with Gasteiger partial charge in [0.05, 0.1) is 12.1 Å². The molecule has 0 bridgehead atoms. The average Bonchev–Trinajstić information content (AvgIpc) is 2.38. The highest BCUT2D eigenvalue weighted by atomic mass is 16.2. The van der Waals surface area contributed by atoms with Crippen LogP contribution in [0.15, 0.2) is 0 Å². The summed E-state index contributed by atoms with van der Waals surface area (Å²) in [5.41, 5.74) is 4.96. The number of urea groups is 1. The Hall–Kier alpha value is -1.63. The number of carbonyl (C=O) groups is 3. The Morgan fingerprint density at radius 3 is 2.24 bits per heavy atom. The van der Waals surface area contributed by atoms with Crippen molar-refractivity contribution in [2.45, 2.75) is 52.6 Å². The van der Waals surface area contributed by atoms with Crippen LogP contribution in [0.1, 0.15) is 40.5 Å². The monoisotopic (exact) mass is 300 g/mol. The van der Waals surface area contributed by atoms with E-state index in [1.54, 1.807) is 0 Å². The van der Waals surface area contributed by atoms with Crippen LogP contribution in [-0.2, 0) is 9.59 Å². The van der Waals surface area contributed by atoms with Crippen molar-refractivity contribution in [2.75, 3.05) is 13.1 Å². The van der Waals surface area contributed by atoms with E-state index in [0.29, 0.717) is 25.9 Å². The maximum absolute atomic E-state index is 12.2. The van der Waals surface area contributed by atoms with Crippen molar-refractivity contribution in [3.63, 3.8) is 0 Å². The number of likely N-dealkylation sites (N-methyl/N-ethyl adjacent to an activating group) is 1. The third-order valence-corrected chi connectivity index (χ3v) is 3.15. The molecule has 0 aromatic rings. The lowest BCUT2D eigenvalue weighted by atomic mass is 10.0. The minimum absolute atomic E-state index is 0.0959. The summed E-state index contributed by atoms with van der Waals surface area (Å²) < 4.78 is 0. The molecule has 122 valence electrons. The molecule has 7 nitrogen and oxygen atoms in total. The van der Waals surface area contributed by atoms with E-state index >= 15 is 0 Å². The molecule has 0 saturated carbocycles. The summed E-state index contributed by atoms with van der Waals surface area (Å²) in [7, 11) is 0. The van der Waals surface area contributed by atoms with Crippen LogP contribution < -0.4 is 21.7 Å². The molecule has 5 N–H and O–H groups in total. The zero-order valence-corrected chi connectivity index (χ0v) is 13.4. The zero-order valence-electron chi connectivity index (χ0n) is 13.4.